The number of hydrogen-bond donors (Lipinski definition) is 2. The molecule has 0 bridgehead atoms. The molecule has 0 saturated heterocycles. The van der Waals surface area contributed by atoms with Gasteiger partial charge in [0.05, 0.1) is 24.4 Å². The zero-order valence-electron chi connectivity index (χ0n) is 18.2. The van der Waals surface area contributed by atoms with Crippen molar-refractivity contribution < 1.29 is 17.6 Å². The Morgan fingerprint density at radius 2 is 1.91 bits per heavy atom. The average molecular weight is 500 g/mol. The van der Waals surface area contributed by atoms with E-state index in [4.69, 9.17) is 0 Å². The number of thiazole rings is 1. The number of amides is 1. The monoisotopic (exact) mass is 499 g/mol. The van der Waals surface area contributed by atoms with E-state index in [9.17, 15) is 17.6 Å². The number of hydrogen-bond acceptors (Lipinski definition) is 6. The molecule has 2 aromatic carbocycles. The van der Waals surface area contributed by atoms with Crippen molar-refractivity contribution in [3.05, 3.63) is 84.2 Å². The van der Waals surface area contributed by atoms with E-state index in [1.54, 1.807) is 24.7 Å². The van der Waals surface area contributed by atoms with Gasteiger partial charge in [-0.15, -0.1) is 0 Å². The molecular weight excluding hydrogens is 477 g/mol. The zero-order valence-corrected chi connectivity index (χ0v) is 19.9. The van der Waals surface area contributed by atoms with Gasteiger partial charge in [0.25, 0.3) is 10.0 Å². The molecule has 11 heteroatoms. The highest BCUT2D eigenvalue weighted by molar-refractivity contribution is 7.91. The molecule has 0 atom stereocenters. The summed E-state index contributed by atoms with van der Waals surface area (Å²) < 4.78 is 43.0. The highest BCUT2D eigenvalue weighted by Crippen LogP contribution is 2.24. The third-order valence-corrected chi connectivity index (χ3v) is 7.76. The first-order valence-electron chi connectivity index (χ1n) is 10.4. The van der Waals surface area contributed by atoms with Crippen molar-refractivity contribution in [1.82, 2.24) is 19.3 Å². The molecule has 2 N–H and O–H groups in total. The summed E-state index contributed by atoms with van der Waals surface area (Å²) in [5.41, 5.74) is 3.60. The van der Waals surface area contributed by atoms with E-state index in [0.717, 1.165) is 40.1 Å². The summed E-state index contributed by atoms with van der Waals surface area (Å²) in [6.45, 7) is 2.09. The SMILES string of the molecule is CC(=O)Nc1ncc(S(=O)(=O)NCc2cccc(-c3cncn3CCc3ccc(F)cc3)c2)s1. The Bertz CT molecular complexity index is 1400. The van der Waals surface area contributed by atoms with Crippen molar-refractivity contribution in [2.75, 3.05) is 5.32 Å². The number of aromatic nitrogens is 3. The molecule has 2 heterocycles. The molecule has 0 unspecified atom stereocenters. The molecule has 0 saturated carbocycles. The maximum atomic E-state index is 13.1. The van der Waals surface area contributed by atoms with Crippen LogP contribution in [0.15, 0.2) is 71.5 Å². The Kier molecular flexibility index (Phi) is 7.15. The first kappa shape index (κ1) is 23.7. The highest BCUT2D eigenvalue weighted by Gasteiger charge is 2.18. The van der Waals surface area contributed by atoms with Crippen LogP contribution in [0.4, 0.5) is 9.52 Å². The van der Waals surface area contributed by atoms with E-state index in [1.807, 2.05) is 28.8 Å². The minimum atomic E-state index is -3.78. The molecule has 0 aliphatic heterocycles. The molecular formula is C23H22FN5O3S2. The van der Waals surface area contributed by atoms with Crippen molar-refractivity contribution in [2.45, 2.75) is 30.6 Å². The number of rotatable bonds is 9. The van der Waals surface area contributed by atoms with Crippen LogP contribution >= 0.6 is 11.3 Å². The van der Waals surface area contributed by atoms with Crippen molar-refractivity contribution in [1.29, 1.82) is 0 Å². The lowest BCUT2D eigenvalue weighted by Gasteiger charge is -2.10. The van der Waals surface area contributed by atoms with Gasteiger partial charge in [-0.3, -0.25) is 4.79 Å². The first-order chi connectivity index (χ1) is 16.3. The molecule has 1 amide bonds. The Morgan fingerprint density at radius 3 is 2.68 bits per heavy atom. The second-order valence-corrected chi connectivity index (χ2v) is 10.6. The molecule has 8 nitrogen and oxygen atoms in total. The fourth-order valence-electron chi connectivity index (χ4n) is 3.32. The van der Waals surface area contributed by atoms with Gasteiger partial charge in [-0.25, -0.2) is 27.5 Å². The van der Waals surface area contributed by atoms with Crippen LogP contribution in [0.5, 0.6) is 0 Å². The lowest BCUT2D eigenvalue weighted by atomic mass is 10.1. The second-order valence-electron chi connectivity index (χ2n) is 7.54. The molecule has 0 fully saturated rings. The van der Waals surface area contributed by atoms with Gasteiger partial charge in [0.2, 0.25) is 5.91 Å². The van der Waals surface area contributed by atoms with Gasteiger partial charge in [-0.1, -0.05) is 41.7 Å². The van der Waals surface area contributed by atoms with E-state index in [-0.39, 0.29) is 27.6 Å². The number of imidazole rings is 1. The van der Waals surface area contributed by atoms with Gasteiger partial charge in [-0.2, -0.15) is 0 Å². The van der Waals surface area contributed by atoms with Crippen molar-refractivity contribution in [2.24, 2.45) is 0 Å². The van der Waals surface area contributed by atoms with Crippen LogP contribution in [-0.2, 0) is 34.3 Å². The zero-order chi connectivity index (χ0) is 24.1. The number of halogens is 1. The minimum Gasteiger partial charge on any atom is -0.330 e. The van der Waals surface area contributed by atoms with Crippen LogP contribution in [0.2, 0.25) is 0 Å². The summed E-state index contributed by atoms with van der Waals surface area (Å²) in [5, 5.41) is 2.70. The lowest BCUT2D eigenvalue weighted by Crippen LogP contribution is -2.22. The van der Waals surface area contributed by atoms with Crippen LogP contribution in [0.3, 0.4) is 0 Å². The Hall–Kier alpha value is -3.41. The van der Waals surface area contributed by atoms with Crippen LogP contribution in [0, 0.1) is 5.82 Å². The average Bonchev–Trinajstić information content (AvgIpc) is 3.47. The largest absolute Gasteiger partial charge is 0.330 e. The van der Waals surface area contributed by atoms with Crippen LogP contribution in [-0.4, -0.2) is 28.9 Å². The number of carbonyl (C=O) groups excluding carboxylic acids is 1. The Balaban J connectivity index is 1.43. The van der Waals surface area contributed by atoms with Crippen LogP contribution in [0.1, 0.15) is 18.1 Å². The third-order valence-electron chi connectivity index (χ3n) is 4.99. The van der Waals surface area contributed by atoms with Gasteiger partial charge < -0.3 is 9.88 Å². The van der Waals surface area contributed by atoms with E-state index in [0.29, 0.717) is 6.54 Å². The van der Waals surface area contributed by atoms with Gasteiger partial charge >= 0.3 is 0 Å². The molecule has 4 rings (SSSR count). The first-order valence-corrected chi connectivity index (χ1v) is 12.7. The number of sulfonamides is 1. The number of nitrogens with one attached hydrogen (secondary N) is 2. The molecule has 4 aromatic rings. The fraction of sp³-hybridized carbons (Fsp3) is 0.174. The quantitative estimate of drug-likeness (QED) is 0.364. The molecule has 176 valence electrons. The predicted molar refractivity (Wildman–Crippen MR) is 128 cm³/mol. The van der Waals surface area contributed by atoms with Gasteiger partial charge in [0.1, 0.15) is 5.82 Å². The summed E-state index contributed by atoms with van der Waals surface area (Å²) in [6.07, 6.45) is 5.44. The summed E-state index contributed by atoms with van der Waals surface area (Å²) in [4.78, 5) is 19.3. The smallest absolute Gasteiger partial charge is 0.252 e. The summed E-state index contributed by atoms with van der Waals surface area (Å²) in [5.74, 6) is -0.581. The van der Waals surface area contributed by atoms with E-state index in [1.165, 1.54) is 25.3 Å². The van der Waals surface area contributed by atoms with Crippen LogP contribution < -0.4 is 10.0 Å². The van der Waals surface area contributed by atoms with E-state index >= 15 is 0 Å². The predicted octanol–water partition coefficient (Wildman–Crippen LogP) is 3.83. The number of aryl methyl sites for hydroxylation is 2. The van der Waals surface area contributed by atoms with Crippen molar-refractivity contribution in [3.63, 3.8) is 0 Å². The molecule has 0 aliphatic carbocycles. The second kappa shape index (κ2) is 10.2. The van der Waals surface area contributed by atoms with Crippen LogP contribution in [0.25, 0.3) is 11.3 Å². The van der Waals surface area contributed by atoms with Gasteiger partial charge in [0.15, 0.2) is 9.34 Å². The summed E-state index contributed by atoms with van der Waals surface area (Å²) in [7, 11) is -3.78. The maximum Gasteiger partial charge on any atom is 0.252 e. The molecule has 0 spiro atoms. The third kappa shape index (κ3) is 5.93. The van der Waals surface area contributed by atoms with Gasteiger partial charge in [-0.05, 0) is 35.7 Å². The summed E-state index contributed by atoms with van der Waals surface area (Å²) >= 11 is 0.885. The van der Waals surface area contributed by atoms with Gasteiger partial charge in [0, 0.05) is 25.6 Å². The normalized spacial score (nSPS) is 11.5. The molecule has 0 radical (unpaired) electrons. The maximum absolute atomic E-state index is 13.1. The Morgan fingerprint density at radius 1 is 1.12 bits per heavy atom. The molecule has 34 heavy (non-hydrogen) atoms. The summed E-state index contributed by atoms with van der Waals surface area (Å²) in [6, 6.07) is 14.0. The number of carbonyl (C=O) groups is 1. The highest BCUT2D eigenvalue weighted by atomic mass is 32.2. The standard InChI is InChI=1S/C23H22FN5O3S2/c1-16(30)28-23-26-14-22(33-23)34(31,32)27-12-18-3-2-4-19(11-18)21-13-25-15-29(21)10-9-17-5-7-20(24)8-6-17/h2-8,11,13-15,27H,9-10,12H2,1H3,(H,26,28,30). The molecule has 0 aliphatic rings. The lowest BCUT2D eigenvalue weighted by molar-refractivity contribution is -0.114. The topological polar surface area (TPSA) is 106 Å². The fourth-order valence-corrected chi connectivity index (χ4v) is 5.46. The Labute approximate surface area is 200 Å². The minimum absolute atomic E-state index is 0.0197. The number of anilines is 1. The number of benzene rings is 2. The molecule has 2 aromatic heterocycles. The van der Waals surface area contributed by atoms with E-state index in [2.05, 4.69) is 20.0 Å². The van der Waals surface area contributed by atoms with E-state index < -0.39 is 10.0 Å². The van der Waals surface area contributed by atoms with Crippen molar-refractivity contribution in [3.8, 4) is 11.3 Å². The number of nitrogens with zero attached hydrogens (tertiary/aromatic N) is 3. The van der Waals surface area contributed by atoms with Crippen molar-refractivity contribution >= 4 is 32.4 Å².